The predicted molar refractivity (Wildman–Crippen MR) is 152 cm³/mol. The quantitative estimate of drug-likeness (QED) is 0.239. The normalized spacial score (nSPS) is 12.6. The largest absolute Gasteiger partial charge is 0.394 e. The number of nitrogens with zero attached hydrogens (tertiary/aromatic N) is 3. The molecular formula is C27H28N6O3S2. The molecule has 1 aromatic carbocycles. The number of hydrogen-bond acceptors (Lipinski definition) is 8. The summed E-state index contributed by atoms with van der Waals surface area (Å²) < 4.78 is 2.60. The number of aliphatic hydroxyl groups excluding tert-OH is 1. The number of nitrogens with two attached hydrogens (primary N) is 1. The SMILES string of the molecule is CC(C)(C)[C@@H](CO)NC(=O)c1c(-c2ccsc2)nc2c(C(=O)NCc3ccc4nc(N)sc4c3)cccn12. The summed E-state index contributed by atoms with van der Waals surface area (Å²) in [5.41, 5.74) is 9.48. The van der Waals surface area contributed by atoms with E-state index in [1.54, 1.807) is 22.7 Å². The molecule has 4 aromatic heterocycles. The molecule has 0 aliphatic carbocycles. The summed E-state index contributed by atoms with van der Waals surface area (Å²) in [6, 6.07) is 10.6. The number of imidazole rings is 1. The van der Waals surface area contributed by atoms with Gasteiger partial charge in [-0.15, -0.1) is 0 Å². The van der Waals surface area contributed by atoms with Crippen molar-refractivity contribution < 1.29 is 14.7 Å². The lowest BCUT2D eigenvalue weighted by atomic mass is 9.87. The van der Waals surface area contributed by atoms with Crippen LogP contribution in [0.2, 0.25) is 0 Å². The van der Waals surface area contributed by atoms with Crippen LogP contribution < -0.4 is 16.4 Å². The molecule has 0 radical (unpaired) electrons. The molecule has 2 amide bonds. The van der Waals surface area contributed by atoms with Crippen LogP contribution in [-0.4, -0.2) is 43.9 Å². The predicted octanol–water partition coefficient (Wildman–Crippen LogP) is 4.32. The molecule has 196 valence electrons. The zero-order chi connectivity index (χ0) is 27.0. The van der Waals surface area contributed by atoms with E-state index in [1.165, 1.54) is 22.7 Å². The minimum atomic E-state index is -0.464. The molecule has 0 fully saturated rings. The molecule has 11 heteroatoms. The first kappa shape index (κ1) is 25.8. The minimum absolute atomic E-state index is 0.201. The third-order valence-electron chi connectivity index (χ3n) is 6.36. The van der Waals surface area contributed by atoms with Gasteiger partial charge in [0, 0.05) is 23.7 Å². The highest BCUT2D eigenvalue weighted by molar-refractivity contribution is 7.22. The molecule has 0 aliphatic rings. The summed E-state index contributed by atoms with van der Waals surface area (Å²) in [6.07, 6.45) is 1.72. The molecule has 0 saturated carbocycles. The lowest BCUT2D eigenvalue weighted by Gasteiger charge is -2.29. The Morgan fingerprint density at radius 1 is 1.16 bits per heavy atom. The van der Waals surface area contributed by atoms with Gasteiger partial charge in [-0.1, -0.05) is 38.2 Å². The van der Waals surface area contributed by atoms with Gasteiger partial charge in [0.15, 0.2) is 10.8 Å². The first-order valence-corrected chi connectivity index (χ1v) is 13.8. The van der Waals surface area contributed by atoms with E-state index in [-0.39, 0.29) is 23.8 Å². The highest BCUT2D eigenvalue weighted by Crippen LogP contribution is 2.29. The molecule has 5 rings (SSSR count). The number of pyridine rings is 1. The zero-order valence-corrected chi connectivity index (χ0v) is 22.8. The van der Waals surface area contributed by atoms with Crippen molar-refractivity contribution >= 4 is 55.5 Å². The molecule has 0 aliphatic heterocycles. The second-order valence-electron chi connectivity index (χ2n) is 10.0. The van der Waals surface area contributed by atoms with Gasteiger partial charge < -0.3 is 21.5 Å². The number of nitrogens with one attached hydrogen (secondary N) is 2. The van der Waals surface area contributed by atoms with Gasteiger partial charge in [-0.3, -0.25) is 14.0 Å². The highest BCUT2D eigenvalue weighted by Gasteiger charge is 2.30. The topological polar surface area (TPSA) is 135 Å². The second-order valence-corrected chi connectivity index (χ2v) is 11.9. The van der Waals surface area contributed by atoms with Crippen LogP contribution in [0.3, 0.4) is 0 Å². The fourth-order valence-electron chi connectivity index (χ4n) is 4.20. The van der Waals surface area contributed by atoms with Crippen LogP contribution in [0.5, 0.6) is 0 Å². The van der Waals surface area contributed by atoms with Crippen molar-refractivity contribution in [2.75, 3.05) is 12.3 Å². The van der Waals surface area contributed by atoms with Crippen molar-refractivity contribution in [3.05, 3.63) is 70.2 Å². The number of rotatable bonds is 7. The van der Waals surface area contributed by atoms with Crippen LogP contribution in [0, 0.1) is 5.41 Å². The van der Waals surface area contributed by atoms with Crippen LogP contribution in [-0.2, 0) is 6.54 Å². The molecule has 0 bridgehead atoms. The second kappa shape index (κ2) is 10.2. The Bertz CT molecular complexity index is 1630. The molecule has 0 saturated heterocycles. The molecule has 5 N–H and O–H groups in total. The van der Waals surface area contributed by atoms with E-state index in [0.29, 0.717) is 34.3 Å². The third-order valence-corrected chi connectivity index (χ3v) is 7.89. The molecule has 38 heavy (non-hydrogen) atoms. The minimum Gasteiger partial charge on any atom is -0.394 e. The standard InChI is InChI=1S/C27H28N6O3S2/c1-27(2,3)20(13-34)31-25(36)22-21(16-8-10-37-14-16)32-23-17(5-4-9-33(22)23)24(35)29-12-15-6-7-18-19(11-15)38-26(28)30-18/h4-11,14,20,34H,12-13H2,1-3H3,(H2,28,30)(H,29,35)(H,31,36)/t20-/m1/s1. The molecule has 0 spiro atoms. The van der Waals surface area contributed by atoms with Gasteiger partial charge in [0.1, 0.15) is 11.4 Å². The first-order chi connectivity index (χ1) is 18.2. The van der Waals surface area contributed by atoms with E-state index in [0.717, 1.165) is 21.3 Å². The Kier molecular flexibility index (Phi) is 6.91. The Hall–Kier alpha value is -3.80. The number of hydrogen-bond donors (Lipinski definition) is 4. The maximum absolute atomic E-state index is 13.6. The van der Waals surface area contributed by atoms with Gasteiger partial charge in [0.05, 0.1) is 28.4 Å². The number of amides is 2. The number of fused-ring (bicyclic) bond motifs is 2. The van der Waals surface area contributed by atoms with Crippen molar-refractivity contribution in [1.29, 1.82) is 0 Å². The van der Waals surface area contributed by atoms with Crippen molar-refractivity contribution in [3.8, 4) is 11.3 Å². The van der Waals surface area contributed by atoms with Crippen LogP contribution in [0.1, 0.15) is 47.2 Å². The number of benzene rings is 1. The lowest BCUT2D eigenvalue weighted by molar-refractivity contribution is 0.0842. The number of thiazole rings is 1. The number of aliphatic hydroxyl groups is 1. The Balaban J connectivity index is 1.48. The van der Waals surface area contributed by atoms with Crippen molar-refractivity contribution in [1.82, 2.24) is 25.0 Å². The average molecular weight is 549 g/mol. The summed E-state index contributed by atoms with van der Waals surface area (Å²) >= 11 is 2.89. The van der Waals surface area contributed by atoms with Gasteiger partial charge in [-0.05, 0) is 46.7 Å². The number of carbonyl (C=O) groups is 2. The summed E-state index contributed by atoms with van der Waals surface area (Å²) in [5, 5.41) is 20.1. The van der Waals surface area contributed by atoms with Crippen molar-refractivity contribution in [2.24, 2.45) is 5.41 Å². The highest BCUT2D eigenvalue weighted by atomic mass is 32.1. The van der Waals surface area contributed by atoms with Crippen molar-refractivity contribution in [3.63, 3.8) is 0 Å². The lowest BCUT2D eigenvalue weighted by Crippen LogP contribution is -2.46. The summed E-state index contributed by atoms with van der Waals surface area (Å²) in [4.78, 5) is 35.9. The third kappa shape index (κ3) is 5.00. The van der Waals surface area contributed by atoms with Crippen LogP contribution >= 0.6 is 22.7 Å². The average Bonchev–Trinajstić information content (AvgIpc) is 3.61. The Morgan fingerprint density at radius 3 is 2.68 bits per heavy atom. The van der Waals surface area contributed by atoms with Gasteiger partial charge in [-0.25, -0.2) is 9.97 Å². The maximum atomic E-state index is 13.6. The number of nitrogen functional groups attached to an aromatic ring is 1. The van der Waals surface area contributed by atoms with Crippen LogP contribution in [0.15, 0.2) is 53.4 Å². The monoisotopic (exact) mass is 548 g/mol. The van der Waals surface area contributed by atoms with E-state index in [4.69, 9.17) is 10.7 Å². The molecule has 5 aromatic rings. The fraction of sp³-hybridized carbons (Fsp3) is 0.259. The number of thiophene rings is 1. The molecular weight excluding hydrogens is 520 g/mol. The van der Waals surface area contributed by atoms with Gasteiger partial charge >= 0.3 is 0 Å². The summed E-state index contributed by atoms with van der Waals surface area (Å²) in [5.74, 6) is -0.682. The zero-order valence-electron chi connectivity index (χ0n) is 21.2. The first-order valence-electron chi connectivity index (χ1n) is 12.0. The molecule has 9 nitrogen and oxygen atoms in total. The Morgan fingerprint density at radius 2 is 1.97 bits per heavy atom. The van der Waals surface area contributed by atoms with E-state index < -0.39 is 6.04 Å². The molecule has 0 unspecified atom stereocenters. The van der Waals surface area contributed by atoms with Gasteiger partial charge in [-0.2, -0.15) is 11.3 Å². The molecule has 1 atom stereocenters. The number of carbonyl (C=O) groups excluding carboxylic acids is 2. The summed E-state index contributed by atoms with van der Waals surface area (Å²) in [7, 11) is 0. The maximum Gasteiger partial charge on any atom is 0.270 e. The Labute approximate surface area is 227 Å². The van der Waals surface area contributed by atoms with Crippen LogP contribution in [0.4, 0.5) is 5.13 Å². The molecule has 4 heterocycles. The van der Waals surface area contributed by atoms with Crippen molar-refractivity contribution in [2.45, 2.75) is 33.4 Å². The van der Waals surface area contributed by atoms with Gasteiger partial charge in [0.25, 0.3) is 11.8 Å². The summed E-state index contributed by atoms with van der Waals surface area (Å²) in [6.45, 7) is 5.96. The fourth-order valence-corrected chi connectivity index (χ4v) is 5.64. The van der Waals surface area contributed by atoms with E-state index in [2.05, 4.69) is 15.6 Å². The van der Waals surface area contributed by atoms with E-state index >= 15 is 0 Å². The smallest absolute Gasteiger partial charge is 0.270 e. The number of aromatic nitrogens is 3. The van der Waals surface area contributed by atoms with E-state index in [9.17, 15) is 14.7 Å². The van der Waals surface area contributed by atoms with Crippen LogP contribution in [0.25, 0.3) is 27.1 Å². The van der Waals surface area contributed by atoms with Gasteiger partial charge in [0.2, 0.25) is 0 Å². The van der Waals surface area contributed by atoms with E-state index in [1.807, 2.05) is 55.8 Å². The number of anilines is 1.